The number of thiazole rings is 1. The highest BCUT2D eigenvalue weighted by molar-refractivity contribution is 7.09. The average molecular weight is 295 g/mol. The third kappa shape index (κ3) is 2.37. The molecule has 0 N–H and O–H groups in total. The van der Waals surface area contributed by atoms with Crippen LogP contribution < -0.4 is 0 Å². The van der Waals surface area contributed by atoms with Gasteiger partial charge in [0.15, 0.2) is 0 Å². The lowest BCUT2D eigenvalue weighted by Gasteiger charge is -2.58. The molecule has 0 bridgehead atoms. The van der Waals surface area contributed by atoms with Crippen molar-refractivity contribution >= 4 is 17.3 Å². The number of rotatable bonds is 3. The van der Waals surface area contributed by atoms with Gasteiger partial charge in [0.05, 0.1) is 23.2 Å². The minimum Gasteiger partial charge on any atom is -0.461 e. The van der Waals surface area contributed by atoms with E-state index in [1.807, 2.05) is 12.3 Å². The summed E-state index contributed by atoms with van der Waals surface area (Å²) >= 11 is 1.56. The normalized spacial score (nSPS) is 31.2. The number of hydrogen-bond acceptors (Lipinski definition) is 5. The lowest BCUT2D eigenvalue weighted by atomic mass is 9.57. The van der Waals surface area contributed by atoms with Crippen LogP contribution >= 0.6 is 11.3 Å². The number of carbonyl (C=O) groups excluding carboxylic acids is 1. The van der Waals surface area contributed by atoms with E-state index in [1.165, 1.54) is 0 Å². The zero-order chi connectivity index (χ0) is 14.3. The molecule has 2 aliphatic rings. The topological polar surface area (TPSA) is 48.4 Å². The van der Waals surface area contributed by atoms with E-state index in [-0.39, 0.29) is 30.0 Å². The van der Waals surface area contributed by atoms with Gasteiger partial charge in [0.2, 0.25) is 0 Å². The van der Waals surface area contributed by atoms with E-state index in [2.05, 4.69) is 18.8 Å². The maximum absolute atomic E-state index is 12.1. The molecular weight excluding hydrogens is 274 g/mol. The molecule has 4 nitrogen and oxygen atoms in total. The Hall–Kier alpha value is -0.940. The molecule has 110 valence electrons. The molecule has 0 radical (unpaired) electrons. The van der Waals surface area contributed by atoms with Crippen molar-refractivity contribution in [2.75, 3.05) is 6.61 Å². The second kappa shape index (κ2) is 5.11. The Bertz CT molecular complexity index is 511. The van der Waals surface area contributed by atoms with Gasteiger partial charge in [0.1, 0.15) is 6.10 Å². The maximum Gasteiger partial charge on any atom is 0.312 e. The fourth-order valence-electron chi connectivity index (χ4n) is 3.54. The predicted octanol–water partition coefficient (Wildman–Crippen LogP) is 2.74. The van der Waals surface area contributed by atoms with E-state index >= 15 is 0 Å². The predicted molar refractivity (Wildman–Crippen MR) is 76.7 cm³/mol. The molecule has 3 atom stereocenters. The van der Waals surface area contributed by atoms with Crippen LogP contribution in [0.3, 0.4) is 0 Å². The van der Waals surface area contributed by atoms with Crippen LogP contribution in [0.4, 0.5) is 0 Å². The average Bonchev–Trinajstić information content (AvgIpc) is 2.81. The molecule has 20 heavy (non-hydrogen) atoms. The molecule has 2 fully saturated rings. The third-order valence-corrected chi connectivity index (χ3v) is 5.30. The van der Waals surface area contributed by atoms with Crippen molar-refractivity contribution in [1.82, 2.24) is 4.98 Å². The number of hydrogen-bond donors (Lipinski definition) is 0. The first kappa shape index (κ1) is 14.0. The highest BCUT2D eigenvalue weighted by Gasteiger charge is 2.60. The van der Waals surface area contributed by atoms with E-state index in [0.29, 0.717) is 5.92 Å². The number of nitrogens with zero attached hydrogens (tertiary/aromatic N) is 1. The van der Waals surface area contributed by atoms with Crippen molar-refractivity contribution in [3.63, 3.8) is 0 Å². The van der Waals surface area contributed by atoms with Crippen molar-refractivity contribution in [3.05, 3.63) is 16.1 Å². The summed E-state index contributed by atoms with van der Waals surface area (Å²) in [5.41, 5.74) is 0.740. The fraction of sp³-hybridized carbons (Fsp3) is 0.733. The standard InChI is InChI=1S/C15H21NO3S/c1-9-16-10(8-20-9)7-12(17)19-14-11-5-4-6-18-13(11)15(14,2)3/h8,11,13-14H,4-7H2,1-3H3/t11-,13-,14+/m0/s1. The Balaban J connectivity index is 1.61. The summed E-state index contributed by atoms with van der Waals surface area (Å²) in [7, 11) is 0. The number of aryl methyl sites for hydroxylation is 1. The van der Waals surface area contributed by atoms with Gasteiger partial charge in [-0.2, -0.15) is 0 Å². The second-order valence-corrected chi connectivity index (χ2v) is 7.43. The summed E-state index contributed by atoms with van der Waals surface area (Å²) in [6.07, 6.45) is 2.67. The van der Waals surface area contributed by atoms with Crippen LogP contribution in [0.25, 0.3) is 0 Å². The van der Waals surface area contributed by atoms with Crippen molar-refractivity contribution in [3.8, 4) is 0 Å². The molecule has 3 rings (SSSR count). The van der Waals surface area contributed by atoms with Crippen molar-refractivity contribution < 1.29 is 14.3 Å². The van der Waals surface area contributed by atoms with Crippen LogP contribution in [0.1, 0.15) is 37.4 Å². The number of esters is 1. The molecule has 5 heteroatoms. The molecule has 1 aliphatic heterocycles. The molecule has 1 saturated carbocycles. The van der Waals surface area contributed by atoms with Crippen LogP contribution in [0, 0.1) is 18.3 Å². The number of aromatic nitrogens is 1. The lowest BCUT2D eigenvalue weighted by Crippen LogP contribution is -2.65. The number of fused-ring (bicyclic) bond motifs is 1. The molecule has 0 amide bonds. The first-order chi connectivity index (χ1) is 9.48. The van der Waals surface area contributed by atoms with Crippen LogP contribution in [-0.2, 0) is 20.7 Å². The van der Waals surface area contributed by atoms with Crippen LogP contribution in [0.15, 0.2) is 5.38 Å². The zero-order valence-electron chi connectivity index (χ0n) is 12.2. The highest BCUT2D eigenvalue weighted by atomic mass is 32.1. The van der Waals surface area contributed by atoms with E-state index < -0.39 is 0 Å². The Morgan fingerprint density at radius 2 is 2.40 bits per heavy atom. The number of ether oxygens (including phenoxy) is 2. The van der Waals surface area contributed by atoms with Crippen molar-refractivity contribution in [2.45, 2.75) is 52.2 Å². The van der Waals surface area contributed by atoms with Gasteiger partial charge in [-0.15, -0.1) is 11.3 Å². The summed E-state index contributed by atoms with van der Waals surface area (Å²) < 4.78 is 11.6. The molecule has 1 aliphatic carbocycles. The Labute approximate surface area is 123 Å². The second-order valence-electron chi connectivity index (χ2n) is 6.36. The summed E-state index contributed by atoms with van der Waals surface area (Å²) in [5.74, 6) is 0.206. The third-order valence-electron chi connectivity index (χ3n) is 4.47. The summed E-state index contributed by atoms with van der Waals surface area (Å²) in [5, 5.41) is 2.91. The van der Waals surface area contributed by atoms with Crippen molar-refractivity contribution in [1.29, 1.82) is 0 Å². The minimum atomic E-state index is -0.169. The number of carbonyl (C=O) groups is 1. The molecule has 0 spiro atoms. The van der Waals surface area contributed by atoms with Gasteiger partial charge in [-0.3, -0.25) is 4.79 Å². The van der Waals surface area contributed by atoms with Gasteiger partial charge in [0.25, 0.3) is 0 Å². The monoisotopic (exact) mass is 295 g/mol. The van der Waals surface area contributed by atoms with Crippen LogP contribution in [0.2, 0.25) is 0 Å². The molecule has 0 aromatic carbocycles. The van der Waals surface area contributed by atoms with Gasteiger partial charge >= 0.3 is 5.97 Å². The van der Waals surface area contributed by atoms with Gasteiger partial charge in [-0.1, -0.05) is 13.8 Å². The van der Waals surface area contributed by atoms with Crippen molar-refractivity contribution in [2.24, 2.45) is 11.3 Å². The Morgan fingerprint density at radius 3 is 3.10 bits per heavy atom. The quantitative estimate of drug-likeness (QED) is 0.805. The summed E-state index contributed by atoms with van der Waals surface area (Å²) in [4.78, 5) is 16.4. The first-order valence-electron chi connectivity index (χ1n) is 7.20. The SMILES string of the molecule is Cc1nc(CC(=O)O[C@@H]2[C@H]3CCCO[C@@H]3C2(C)C)cs1. The molecule has 1 saturated heterocycles. The fourth-order valence-corrected chi connectivity index (χ4v) is 4.15. The minimum absolute atomic E-state index is 0.0139. The smallest absolute Gasteiger partial charge is 0.312 e. The van der Waals surface area contributed by atoms with E-state index in [9.17, 15) is 4.79 Å². The Morgan fingerprint density at radius 1 is 1.60 bits per heavy atom. The Kier molecular flexibility index (Phi) is 3.58. The van der Waals surface area contributed by atoms with Gasteiger partial charge in [-0.05, 0) is 19.8 Å². The largest absolute Gasteiger partial charge is 0.461 e. The molecule has 1 aromatic heterocycles. The van der Waals surface area contributed by atoms with Crippen LogP contribution in [-0.4, -0.2) is 29.8 Å². The van der Waals surface area contributed by atoms with Crippen LogP contribution in [0.5, 0.6) is 0 Å². The summed E-state index contributed by atoms with van der Waals surface area (Å²) in [6, 6.07) is 0. The van der Waals surface area contributed by atoms with E-state index in [1.54, 1.807) is 11.3 Å². The van der Waals surface area contributed by atoms with Gasteiger partial charge < -0.3 is 9.47 Å². The lowest BCUT2D eigenvalue weighted by molar-refractivity contribution is -0.254. The van der Waals surface area contributed by atoms with Gasteiger partial charge in [0, 0.05) is 23.3 Å². The maximum atomic E-state index is 12.1. The molecule has 0 unspecified atom stereocenters. The van der Waals surface area contributed by atoms with E-state index in [0.717, 1.165) is 30.2 Å². The molecular formula is C15H21NO3S. The molecule has 1 aromatic rings. The summed E-state index contributed by atoms with van der Waals surface area (Å²) in [6.45, 7) is 7.04. The first-order valence-corrected chi connectivity index (χ1v) is 8.08. The molecule has 2 heterocycles. The zero-order valence-corrected chi connectivity index (χ0v) is 13.0. The van der Waals surface area contributed by atoms with E-state index in [4.69, 9.17) is 9.47 Å². The highest BCUT2D eigenvalue weighted by Crippen LogP contribution is 2.52. The van der Waals surface area contributed by atoms with Gasteiger partial charge in [-0.25, -0.2) is 4.98 Å².